The number of amides is 1. The maximum atomic E-state index is 10.6. The van der Waals surface area contributed by atoms with Gasteiger partial charge in [0, 0.05) is 35.7 Å². The molecule has 0 radical (unpaired) electrons. The predicted molar refractivity (Wildman–Crippen MR) is 65.8 cm³/mol. The minimum Gasteiger partial charge on any atom is -0.481 e. The topological polar surface area (TPSA) is 66.4 Å². The van der Waals surface area contributed by atoms with E-state index in [1.165, 1.54) is 18.3 Å². The van der Waals surface area contributed by atoms with Gasteiger partial charge in [0.05, 0.1) is 6.42 Å². The van der Waals surface area contributed by atoms with Crippen LogP contribution in [0, 0.1) is 11.8 Å². The van der Waals surface area contributed by atoms with E-state index in [2.05, 4.69) is 17.2 Å². The summed E-state index contributed by atoms with van der Waals surface area (Å²) >= 11 is 1.39. The number of nitrogens with one attached hydrogen (secondary N) is 1. The lowest BCUT2D eigenvalue weighted by Gasteiger charge is -1.94. The third-order valence-corrected chi connectivity index (χ3v) is 2.77. The molecule has 0 aliphatic heterocycles. The second-order valence-corrected chi connectivity index (χ2v) is 4.40. The molecule has 0 fully saturated rings. The lowest BCUT2D eigenvalue weighted by Crippen LogP contribution is -2.20. The molecule has 0 saturated carbocycles. The molecule has 0 bridgehead atoms. The predicted octanol–water partition coefficient (Wildman–Crippen LogP) is 1.25. The highest BCUT2D eigenvalue weighted by Gasteiger charge is 2.02. The Morgan fingerprint density at radius 3 is 2.94 bits per heavy atom. The van der Waals surface area contributed by atoms with E-state index >= 15 is 0 Å². The standard InChI is InChI=1S/C12H13NO3S/c1-9(14)13-5-3-2-4-10-6-11(17-8-10)7-12(15)16/h6,8H,3,5,7H2,1H3,(H,13,14)(H,15,16). The highest BCUT2D eigenvalue weighted by molar-refractivity contribution is 7.10. The fourth-order valence-electron chi connectivity index (χ4n) is 1.15. The molecule has 0 aromatic carbocycles. The van der Waals surface area contributed by atoms with Crippen LogP contribution in [0.5, 0.6) is 0 Å². The lowest BCUT2D eigenvalue weighted by molar-refractivity contribution is -0.136. The number of thiophene rings is 1. The van der Waals surface area contributed by atoms with Crippen molar-refractivity contribution >= 4 is 23.2 Å². The van der Waals surface area contributed by atoms with Gasteiger partial charge in [-0.2, -0.15) is 0 Å². The molecule has 2 N–H and O–H groups in total. The molecular formula is C12H13NO3S. The highest BCUT2D eigenvalue weighted by Crippen LogP contribution is 2.14. The molecule has 90 valence electrons. The van der Waals surface area contributed by atoms with Crippen molar-refractivity contribution < 1.29 is 14.7 Å². The molecule has 0 spiro atoms. The normalized spacial score (nSPS) is 9.24. The minimum absolute atomic E-state index is 0.0399. The van der Waals surface area contributed by atoms with Gasteiger partial charge in [-0.05, 0) is 6.07 Å². The van der Waals surface area contributed by atoms with Crippen LogP contribution in [0.3, 0.4) is 0 Å². The summed E-state index contributed by atoms with van der Waals surface area (Å²) in [6, 6.07) is 1.78. The fraction of sp³-hybridized carbons (Fsp3) is 0.333. The molecule has 1 rings (SSSR count). The van der Waals surface area contributed by atoms with Crippen LogP contribution in [0.1, 0.15) is 23.8 Å². The molecule has 0 atom stereocenters. The Kier molecular flexibility index (Phi) is 5.24. The molecule has 17 heavy (non-hydrogen) atoms. The number of rotatable bonds is 4. The van der Waals surface area contributed by atoms with Gasteiger partial charge in [0.25, 0.3) is 0 Å². The van der Waals surface area contributed by atoms with Crippen LogP contribution in [0.15, 0.2) is 11.4 Å². The van der Waals surface area contributed by atoms with Crippen LogP contribution in [0.2, 0.25) is 0 Å². The van der Waals surface area contributed by atoms with Crippen LogP contribution in [0.25, 0.3) is 0 Å². The highest BCUT2D eigenvalue weighted by atomic mass is 32.1. The maximum Gasteiger partial charge on any atom is 0.308 e. The van der Waals surface area contributed by atoms with Crippen molar-refractivity contribution in [3.05, 3.63) is 21.9 Å². The van der Waals surface area contributed by atoms with Crippen LogP contribution in [-0.4, -0.2) is 23.5 Å². The molecule has 4 nitrogen and oxygen atoms in total. The van der Waals surface area contributed by atoms with E-state index in [-0.39, 0.29) is 12.3 Å². The first-order chi connectivity index (χ1) is 8.08. The van der Waals surface area contributed by atoms with E-state index < -0.39 is 5.97 Å². The van der Waals surface area contributed by atoms with E-state index in [1.54, 1.807) is 6.07 Å². The summed E-state index contributed by atoms with van der Waals surface area (Å²) < 4.78 is 0. The summed E-state index contributed by atoms with van der Waals surface area (Å²) in [6.07, 6.45) is 0.627. The van der Waals surface area contributed by atoms with Gasteiger partial charge in [0.2, 0.25) is 5.91 Å². The fourth-order valence-corrected chi connectivity index (χ4v) is 1.96. The quantitative estimate of drug-likeness (QED) is 0.625. The van der Waals surface area contributed by atoms with Gasteiger partial charge in [-0.15, -0.1) is 11.3 Å². The Morgan fingerprint density at radius 1 is 1.53 bits per heavy atom. The van der Waals surface area contributed by atoms with Crippen molar-refractivity contribution in [3.8, 4) is 11.8 Å². The molecule has 0 aliphatic carbocycles. The summed E-state index contributed by atoms with van der Waals surface area (Å²) in [4.78, 5) is 21.8. The van der Waals surface area contributed by atoms with Crippen molar-refractivity contribution in [2.75, 3.05) is 6.54 Å². The van der Waals surface area contributed by atoms with Crippen LogP contribution < -0.4 is 5.32 Å². The van der Waals surface area contributed by atoms with E-state index in [0.717, 1.165) is 10.4 Å². The van der Waals surface area contributed by atoms with Crippen molar-refractivity contribution in [2.45, 2.75) is 19.8 Å². The van der Waals surface area contributed by atoms with Crippen LogP contribution in [-0.2, 0) is 16.0 Å². The summed E-state index contributed by atoms with van der Waals surface area (Å²) in [6.45, 7) is 2.00. The van der Waals surface area contributed by atoms with E-state index in [1.807, 2.05) is 5.38 Å². The number of aliphatic carboxylic acids is 1. The van der Waals surface area contributed by atoms with Gasteiger partial charge in [-0.1, -0.05) is 11.8 Å². The largest absolute Gasteiger partial charge is 0.481 e. The number of carbonyl (C=O) groups excluding carboxylic acids is 1. The number of hydrogen-bond acceptors (Lipinski definition) is 3. The summed E-state index contributed by atoms with van der Waals surface area (Å²) in [5.41, 5.74) is 0.828. The zero-order chi connectivity index (χ0) is 12.7. The van der Waals surface area contributed by atoms with Crippen LogP contribution >= 0.6 is 11.3 Å². The maximum absolute atomic E-state index is 10.6. The van der Waals surface area contributed by atoms with Gasteiger partial charge in [-0.25, -0.2) is 0 Å². The molecule has 1 amide bonds. The number of carbonyl (C=O) groups is 2. The van der Waals surface area contributed by atoms with Gasteiger partial charge >= 0.3 is 5.97 Å². The molecule has 0 saturated heterocycles. The van der Waals surface area contributed by atoms with E-state index in [9.17, 15) is 9.59 Å². The van der Waals surface area contributed by atoms with E-state index in [0.29, 0.717) is 13.0 Å². The second kappa shape index (κ2) is 6.71. The molecule has 1 aromatic heterocycles. The monoisotopic (exact) mass is 251 g/mol. The molecule has 1 aromatic rings. The zero-order valence-electron chi connectivity index (χ0n) is 9.45. The second-order valence-electron chi connectivity index (χ2n) is 3.41. The first-order valence-electron chi connectivity index (χ1n) is 5.10. The van der Waals surface area contributed by atoms with Gasteiger partial charge in [-0.3, -0.25) is 9.59 Å². The summed E-state index contributed by atoms with van der Waals surface area (Å²) in [7, 11) is 0. The zero-order valence-corrected chi connectivity index (χ0v) is 10.3. The Labute approximate surface area is 104 Å². The molecule has 5 heteroatoms. The number of hydrogen-bond donors (Lipinski definition) is 2. The summed E-state index contributed by atoms with van der Waals surface area (Å²) in [5.74, 6) is 4.95. The average molecular weight is 251 g/mol. The van der Waals surface area contributed by atoms with Gasteiger partial charge < -0.3 is 10.4 Å². The number of carboxylic acid groups (broad SMARTS) is 1. The Balaban J connectivity index is 2.41. The minimum atomic E-state index is -0.836. The van der Waals surface area contributed by atoms with Crippen molar-refractivity contribution in [3.63, 3.8) is 0 Å². The van der Waals surface area contributed by atoms with E-state index in [4.69, 9.17) is 5.11 Å². The average Bonchev–Trinajstić information content (AvgIpc) is 2.63. The number of carboxylic acids is 1. The first-order valence-corrected chi connectivity index (χ1v) is 5.98. The molecule has 0 unspecified atom stereocenters. The van der Waals surface area contributed by atoms with Crippen molar-refractivity contribution in [2.24, 2.45) is 0 Å². The smallest absolute Gasteiger partial charge is 0.308 e. The summed E-state index contributed by atoms with van der Waals surface area (Å²) in [5, 5.41) is 13.1. The Morgan fingerprint density at radius 2 is 2.29 bits per heavy atom. The molecule has 0 aliphatic rings. The third-order valence-electron chi connectivity index (χ3n) is 1.84. The lowest BCUT2D eigenvalue weighted by atomic mass is 10.2. The molecular weight excluding hydrogens is 238 g/mol. The van der Waals surface area contributed by atoms with Gasteiger partial charge in [0.1, 0.15) is 0 Å². The molecule has 1 heterocycles. The third kappa shape index (κ3) is 5.73. The SMILES string of the molecule is CC(=O)NCCC#Cc1csc(CC(=O)O)c1. The van der Waals surface area contributed by atoms with Crippen LogP contribution in [0.4, 0.5) is 0 Å². The Bertz CT molecular complexity index is 468. The van der Waals surface area contributed by atoms with Crippen molar-refractivity contribution in [1.82, 2.24) is 5.32 Å². The Hall–Kier alpha value is -1.80. The first kappa shape index (κ1) is 13.3. The van der Waals surface area contributed by atoms with Gasteiger partial charge in [0.15, 0.2) is 0 Å². The van der Waals surface area contributed by atoms with Crippen molar-refractivity contribution in [1.29, 1.82) is 0 Å².